The molecule has 14 heavy (non-hydrogen) atoms. The Hall–Kier alpha value is -1.42. The average Bonchev–Trinajstić information content (AvgIpc) is 2.16. The Morgan fingerprint density at radius 1 is 1.57 bits per heavy atom. The van der Waals surface area contributed by atoms with Crippen LogP contribution in [0.1, 0.15) is 28.9 Å². The number of halogens is 1. The van der Waals surface area contributed by atoms with Crippen LogP contribution in [0.25, 0.3) is 0 Å². The minimum atomic E-state index is -1.04. The molecule has 0 aliphatic heterocycles. The lowest BCUT2D eigenvalue weighted by atomic mass is 10.0. The molecule has 0 fully saturated rings. The quantitative estimate of drug-likeness (QED) is 0.776. The van der Waals surface area contributed by atoms with Gasteiger partial charge in [0.15, 0.2) is 0 Å². The Kier molecular flexibility index (Phi) is 3.19. The first-order valence-electron chi connectivity index (χ1n) is 4.26. The molecule has 0 saturated carbocycles. The van der Waals surface area contributed by atoms with Crippen molar-refractivity contribution in [2.45, 2.75) is 13.0 Å². The van der Waals surface area contributed by atoms with E-state index in [1.807, 2.05) is 0 Å². The van der Waals surface area contributed by atoms with Gasteiger partial charge in [-0.15, -0.1) is 0 Å². The summed E-state index contributed by atoms with van der Waals surface area (Å²) < 4.78 is 12.9. The van der Waals surface area contributed by atoms with Crippen LogP contribution >= 0.6 is 0 Å². The van der Waals surface area contributed by atoms with Crippen molar-refractivity contribution >= 4 is 5.97 Å². The van der Waals surface area contributed by atoms with Gasteiger partial charge in [-0.05, 0) is 37.7 Å². The number of carboxylic acids is 1. The second kappa shape index (κ2) is 4.19. The summed E-state index contributed by atoms with van der Waals surface area (Å²) >= 11 is 0. The van der Waals surface area contributed by atoms with Crippen molar-refractivity contribution in [3.63, 3.8) is 0 Å². The largest absolute Gasteiger partial charge is 0.478 e. The van der Waals surface area contributed by atoms with E-state index < -0.39 is 11.8 Å². The fourth-order valence-corrected chi connectivity index (χ4v) is 1.24. The van der Waals surface area contributed by atoms with Gasteiger partial charge in [0, 0.05) is 6.04 Å². The first kappa shape index (κ1) is 10.7. The molecule has 1 aromatic rings. The molecule has 3 nitrogen and oxygen atoms in total. The van der Waals surface area contributed by atoms with E-state index in [9.17, 15) is 9.18 Å². The highest BCUT2D eigenvalue weighted by Gasteiger charge is 2.14. The predicted molar refractivity (Wildman–Crippen MR) is 50.8 cm³/mol. The summed E-state index contributed by atoms with van der Waals surface area (Å²) in [4.78, 5) is 10.8. The lowest BCUT2D eigenvalue weighted by molar-refractivity contribution is 0.0695. The first-order valence-corrected chi connectivity index (χ1v) is 4.26. The molecule has 0 aliphatic carbocycles. The third-order valence-corrected chi connectivity index (χ3v) is 2.14. The molecule has 0 saturated heterocycles. The number of rotatable bonds is 3. The molecule has 0 heterocycles. The maximum atomic E-state index is 12.9. The smallest absolute Gasteiger partial charge is 0.336 e. The zero-order valence-corrected chi connectivity index (χ0v) is 8.04. The number of benzene rings is 1. The van der Waals surface area contributed by atoms with Crippen molar-refractivity contribution in [3.05, 3.63) is 35.1 Å². The molecular formula is C10H12FNO2. The van der Waals surface area contributed by atoms with Crippen LogP contribution in [-0.4, -0.2) is 18.1 Å². The van der Waals surface area contributed by atoms with Crippen molar-refractivity contribution in [1.29, 1.82) is 0 Å². The molecule has 76 valence electrons. The molecule has 0 aliphatic rings. The van der Waals surface area contributed by atoms with Crippen LogP contribution in [0.5, 0.6) is 0 Å². The minimum Gasteiger partial charge on any atom is -0.478 e. The standard InChI is InChI=1S/C10H12FNO2/c1-6(12-2)9-5-7(11)3-4-8(9)10(13)14/h3-6,12H,1-2H3,(H,13,14). The maximum absolute atomic E-state index is 12.9. The lowest BCUT2D eigenvalue weighted by Gasteiger charge is -2.13. The Labute approximate surface area is 81.6 Å². The van der Waals surface area contributed by atoms with Crippen molar-refractivity contribution in [1.82, 2.24) is 5.32 Å². The topological polar surface area (TPSA) is 49.3 Å². The second-order valence-electron chi connectivity index (χ2n) is 3.05. The van der Waals surface area contributed by atoms with E-state index in [1.54, 1.807) is 14.0 Å². The average molecular weight is 197 g/mol. The zero-order chi connectivity index (χ0) is 10.7. The van der Waals surface area contributed by atoms with Crippen molar-refractivity contribution in [2.75, 3.05) is 7.05 Å². The molecule has 0 amide bonds. The van der Waals surface area contributed by atoms with Crippen LogP contribution in [0.15, 0.2) is 18.2 Å². The van der Waals surface area contributed by atoms with E-state index in [0.29, 0.717) is 5.56 Å². The summed E-state index contributed by atoms with van der Waals surface area (Å²) in [7, 11) is 1.70. The second-order valence-corrected chi connectivity index (χ2v) is 3.05. The molecule has 2 N–H and O–H groups in total. The van der Waals surface area contributed by atoms with E-state index in [4.69, 9.17) is 5.11 Å². The Morgan fingerprint density at radius 2 is 2.21 bits per heavy atom. The molecule has 0 bridgehead atoms. The number of nitrogens with one attached hydrogen (secondary N) is 1. The molecule has 1 aromatic carbocycles. The van der Waals surface area contributed by atoms with E-state index in [2.05, 4.69) is 5.32 Å². The third kappa shape index (κ3) is 2.09. The van der Waals surface area contributed by atoms with Crippen LogP contribution in [0.4, 0.5) is 4.39 Å². The van der Waals surface area contributed by atoms with Crippen LogP contribution < -0.4 is 5.32 Å². The van der Waals surface area contributed by atoms with Gasteiger partial charge < -0.3 is 10.4 Å². The highest BCUT2D eigenvalue weighted by molar-refractivity contribution is 5.89. The van der Waals surface area contributed by atoms with Gasteiger partial charge in [-0.1, -0.05) is 0 Å². The number of aromatic carboxylic acids is 1. The molecule has 0 aromatic heterocycles. The molecule has 1 unspecified atom stereocenters. The van der Waals surface area contributed by atoms with E-state index >= 15 is 0 Å². The van der Waals surface area contributed by atoms with Crippen LogP contribution in [-0.2, 0) is 0 Å². The Morgan fingerprint density at radius 3 is 2.71 bits per heavy atom. The minimum absolute atomic E-state index is 0.133. The summed E-state index contributed by atoms with van der Waals surface area (Å²) in [5.74, 6) is -1.46. The number of hydrogen-bond donors (Lipinski definition) is 2. The molecule has 4 heteroatoms. The Balaban J connectivity index is 3.22. The molecule has 0 spiro atoms. The zero-order valence-electron chi connectivity index (χ0n) is 8.04. The van der Waals surface area contributed by atoms with Gasteiger partial charge in [0.05, 0.1) is 5.56 Å². The van der Waals surface area contributed by atoms with Gasteiger partial charge in [-0.25, -0.2) is 9.18 Å². The highest BCUT2D eigenvalue weighted by atomic mass is 19.1. The Bertz CT molecular complexity index is 352. The molecule has 0 radical (unpaired) electrons. The third-order valence-electron chi connectivity index (χ3n) is 2.14. The molecule has 1 rings (SSSR count). The number of hydrogen-bond acceptors (Lipinski definition) is 2. The SMILES string of the molecule is CNC(C)c1cc(F)ccc1C(=O)O. The summed E-state index contributed by atoms with van der Waals surface area (Å²) in [6.45, 7) is 1.78. The fourth-order valence-electron chi connectivity index (χ4n) is 1.24. The number of carboxylic acid groups (broad SMARTS) is 1. The predicted octanol–water partition coefficient (Wildman–Crippen LogP) is 1.80. The van der Waals surface area contributed by atoms with Crippen LogP contribution in [0.2, 0.25) is 0 Å². The van der Waals surface area contributed by atoms with Gasteiger partial charge in [-0.3, -0.25) is 0 Å². The summed E-state index contributed by atoms with van der Waals surface area (Å²) in [5.41, 5.74) is 0.591. The van der Waals surface area contributed by atoms with E-state index in [-0.39, 0.29) is 11.6 Å². The van der Waals surface area contributed by atoms with Crippen molar-refractivity contribution in [2.24, 2.45) is 0 Å². The molecular weight excluding hydrogens is 185 g/mol. The van der Waals surface area contributed by atoms with Gasteiger partial charge in [0.2, 0.25) is 0 Å². The first-order chi connectivity index (χ1) is 6.56. The number of carbonyl (C=O) groups is 1. The highest BCUT2D eigenvalue weighted by Crippen LogP contribution is 2.18. The van der Waals surface area contributed by atoms with Gasteiger partial charge >= 0.3 is 5.97 Å². The molecule has 1 atom stereocenters. The lowest BCUT2D eigenvalue weighted by Crippen LogP contribution is -2.16. The monoisotopic (exact) mass is 197 g/mol. The summed E-state index contributed by atoms with van der Waals surface area (Å²) in [6, 6.07) is 3.48. The van der Waals surface area contributed by atoms with Gasteiger partial charge in [0.1, 0.15) is 5.82 Å². The fraction of sp³-hybridized carbons (Fsp3) is 0.300. The van der Waals surface area contributed by atoms with E-state index in [0.717, 1.165) is 6.07 Å². The maximum Gasteiger partial charge on any atom is 0.336 e. The van der Waals surface area contributed by atoms with Crippen LogP contribution in [0.3, 0.4) is 0 Å². The van der Waals surface area contributed by atoms with Crippen molar-refractivity contribution in [3.8, 4) is 0 Å². The van der Waals surface area contributed by atoms with Crippen molar-refractivity contribution < 1.29 is 14.3 Å². The van der Waals surface area contributed by atoms with Gasteiger partial charge in [-0.2, -0.15) is 0 Å². The van der Waals surface area contributed by atoms with Crippen LogP contribution in [0, 0.1) is 5.82 Å². The summed E-state index contributed by atoms with van der Waals surface area (Å²) in [6.07, 6.45) is 0. The van der Waals surface area contributed by atoms with E-state index in [1.165, 1.54) is 12.1 Å². The summed E-state index contributed by atoms with van der Waals surface area (Å²) in [5, 5.41) is 11.7. The normalized spacial score (nSPS) is 12.5. The van der Waals surface area contributed by atoms with Gasteiger partial charge in [0.25, 0.3) is 0 Å².